The molecule has 0 radical (unpaired) electrons. The van der Waals surface area contributed by atoms with Gasteiger partial charge in [0, 0.05) is 50.8 Å². The van der Waals surface area contributed by atoms with Crippen molar-refractivity contribution >= 4 is 35.7 Å². The lowest BCUT2D eigenvalue weighted by Crippen LogP contribution is -2.49. The van der Waals surface area contributed by atoms with Crippen LogP contribution >= 0.6 is 0 Å². The summed E-state index contributed by atoms with van der Waals surface area (Å²) >= 11 is 0. The number of hydrogen-bond acceptors (Lipinski definition) is 7. The number of nitrogens with one attached hydrogen (secondary N) is 1. The van der Waals surface area contributed by atoms with E-state index in [-0.39, 0.29) is 11.5 Å². The first-order valence-corrected chi connectivity index (χ1v) is 12.4. The first-order chi connectivity index (χ1) is 16.5. The Morgan fingerprint density at radius 1 is 1.09 bits per heavy atom. The molecule has 0 unspecified atom stereocenters. The van der Waals surface area contributed by atoms with E-state index in [0.717, 1.165) is 50.2 Å². The van der Waals surface area contributed by atoms with Gasteiger partial charge >= 0.3 is 7.12 Å². The summed E-state index contributed by atoms with van der Waals surface area (Å²) in [4.78, 5) is 33.9. The third-order valence-electron chi connectivity index (χ3n) is 7.62. The fourth-order valence-corrected chi connectivity index (χ4v) is 4.49. The van der Waals surface area contributed by atoms with Crippen LogP contribution in [0.2, 0.25) is 0 Å². The third-order valence-corrected chi connectivity index (χ3v) is 7.62. The molecule has 0 atom stereocenters. The Balaban J connectivity index is 1.27. The zero-order valence-electron chi connectivity index (χ0n) is 21.2. The second-order valence-electron chi connectivity index (χ2n) is 10.8. The molecule has 9 nitrogen and oxygen atoms in total. The van der Waals surface area contributed by atoms with Crippen LogP contribution in [0.5, 0.6) is 0 Å². The van der Waals surface area contributed by atoms with Crippen LogP contribution in [0.3, 0.4) is 0 Å². The number of amides is 1. The number of anilines is 3. The van der Waals surface area contributed by atoms with Crippen molar-refractivity contribution < 1.29 is 14.1 Å². The summed E-state index contributed by atoms with van der Waals surface area (Å²) in [5, 5.41) is 3.16. The number of aryl methyl sites for hydroxylation is 1. The highest BCUT2D eigenvalue weighted by Crippen LogP contribution is 2.36. The molecule has 2 saturated heterocycles. The van der Waals surface area contributed by atoms with E-state index in [2.05, 4.69) is 15.2 Å². The summed E-state index contributed by atoms with van der Waals surface area (Å²) in [5.74, 6) is 1.16. The zero-order valence-corrected chi connectivity index (χ0v) is 21.2. The Kier molecular flexibility index (Phi) is 5.92. The molecule has 2 aromatic rings. The van der Waals surface area contributed by atoms with Crippen molar-refractivity contribution in [3.8, 4) is 0 Å². The summed E-state index contributed by atoms with van der Waals surface area (Å²) < 4.78 is 13.8. The van der Waals surface area contributed by atoms with Gasteiger partial charge in [-0.2, -0.15) is 0 Å². The highest BCUT2D eigenvalue weighted by molar-refractivity contribution is 6.62. The quantitative estimate of drug-likeness (QED) is 0.656. The van der Waals surface area contributed by atoms with Crippen LogP contribution in [-0.2, 0) is 21.2 Å². The minimum Gasteiger partial charge on any atom is -0.399 e. The van der Waals surface area contributed by atoms with Crippen LogP contribution in [-0.4, -0.2) is 64.9 Å². The molecule has 0 spiro atoms. The van der Waals surface area contributed by atoms with Gasteiger partial charge in [0.25, 0.3) is 5.56 Å². The van der Waals surface area contributed by atoms with Gasteiger partial charge in [-0.1, -0.05) is 0 Å². The van der Waals surface area contributed by atoms with Crippen LogP contribution in [0.25, 0.3) is 0 Å². The van der Waals surface area contributed by atoms with Crippen molar-refractivity contribution in [1.82, 2.24) is 14.5 Å². The van der Waals surface area contributed by atoms with E-state index in [4.69, 9.17) is 9.31 Å². The van der Waals surface area contributed by atoms with Crippen LogP contribution in [0.4, 0.5) is 17.2 Å². The van der Waals surface area contributed by atoms with E-state index < -0.39 is 18.3 Å². The Morgan fingerprint density at radius 3 is 2.31 bits per heavy atom. The fraction of sp³-hybridized carbons (Fsp3) is 0.560. The number of nitrogens with zero attached hydrogens (tertiary/aromatic N) is 4. The van der Waals surface area contributed by atoms with Crippen molar-refractivity contribution in [3.05, 3.63) is 40.9 Å². The predicted octanol–water partition coefficient (Wildman–Crippen LogP) is 1.88. The van der Waals surface area contributed by atoms with Gasteiger partial charge < -0.3 is 29.0 Å². The van der Waals surface area contributed by atoms with Crippen molar-refractivity contribution in [2.75, 3.05) is 36.4 Å². The first-order valence-electron chi connectivity index (χ1n) is 12.4. The molecule has 10 heteroatoms. The van der Waals surface area contributed by atoms with Crippen molar-refractivity contribution in [2.24, 2.45) is 13.0 Å². The van der Waals surface area contributed by atoms with Crippen LogP contribution in [0.1, 0.15) is 40.5 Å². The number of carbonyl (C=O) groups is 1. The predicted molar refractivity (Wildman–Crippen MR) is 136 cm³/mol. The molecule has 3 aliphatic rings. The number of carbonyl (C=O) groups excluding carboxylic acids is 1. The fourth-order valence-electron chi connectivity index (χ4n) is 4.49. The van der Waals surface area contributed by atoms with Gasteiger partial charge in [0.1, 0.15) is 11.5 Å². The molecule has 1 N–H and O–H groups in total. The van der Waals surface area contributed by atoms with Crippen molar-refractivity contribution in [3.63, 3.8) is 0 Å². The second-order valence-corrected chi connectivity index (χ2v) is 10.8. The maximum absolute atomic E-state index is 12.8. The summed E-state index contributed by atoms with van der Waals surface area (Å²) in [5.41, 5.74) is 1.10. The molecule has 186 valence electrons. The van der Waals surface area contributed by atoms with Crippen molar-refractivity contribution in [1.29, 1.82) is 0 Å². The van der Waals surface area contributed by atoms with E-state index in [0.29, 0.717) is 17.4 Å². The van der Waals surface area contributed by atoms with Gasteiger partial charge in [0.15, 0.2) is 0 Å². The Hall–Kier alpha value is -2.85. The molecule has 3 fully saturated rings. The van der Waals surface area contributed by atoms with Crippen molar-refractivity contribution in [2.45, 2.75) is 51.7 Å². The molecule has 2 aromatic heterocycles. The maximum Gasteiger partial charge on any atom is 0.496 e. The number of aromatic nitrogens is 2. The van der Waals surface area contributed by atoms with E-state index in [1.807, 2.05) is 50.9 Å². The van der Waals surface area contributed by atoms with E-state index >= 15 is 0 Å². The number of hydrogen-bond donors (Lipinski definition) is 1. The molecule has 0 aromatic carbocycles. The van der Waals surface area contributed by atoms with Gasteiger partial charge in [0.2, 0.25) is 5.91 Å². The molecule has 2 aliphatic heterocycles. The third kappa shape index (κ3) is 4.69. The van der Waals surface area contributed by atoms with Gasteiger partial charge in [0.05, 0.1) is 23.1 Å². The molecule has 5 rings (SSSR count). The number of pyridine rings is 2. The topological polar surface area (TPSA) is 88.9 Å². The summed E-state index contributed by atoms with van der Waals surface area (Å²) in [6.07, 6.45) is 5.64. The normalized spacial score (nSPS) is 21.3. The molecule has 1 saturated carbocycles. The first kappa shape index (κ1) is 23.9. The highest BCUT2D eigenvalue weighted by Gasteiger charge is 2.52. The average Bonchev–Trinajstić information content (AvgIpc) is 3.63. The minimum absolute atomic E-state index is 0.160. The van der Waals surface area contributed by atoms with E-state index in [1.165, 1.54) is 4.57 Å². The Bertz CT molecular complexity index is 1150. The summed E-state index contributed by atoms with van der Waals surface area (Å²) in [6.45, 7) is 11.1. The standard InChI is InChI=1S/C25H34BN5O4/c1-24(2)25(3,4)35-26(34-24)18-14-20(23(33)29(5)16-18)28-21-9-8-19(15-27-21)30-10-12-31(13-11-30)22(32)17-6-7-17/h8-9,14-17H,6-7,10-13H2,1-5H3,(H,27,28). The van der Waals surface area contributed by atoms with Gasteiger partial charge in [-0.25, -0.2) is 4.98 Å². The lowest BCUT2D eigenvalue weighted by molar-refractivity contribution is -0.132. The molecule has 1 amide bonds. The Morgan fingerprint density at radius 2 is 1.74 bits per heavy atom. The van der Waals surface area contributed by atoms with Gasteiger partial charge in [-0.05, 0) is 58.7 Å². The van der Waals surface area contributed by atoms with E-state index in [9.17, 15) is 9.59 Å². The van der Waals surface area contributed by atoms with E-state index in [1.54, 1.807) is 19.3 Å². The van der Waals surface area contributed by atoms with Crippen LogP contribution in [0.15, 0.2) is 35.4 Å². The molecule has 4 heterocycles. The molecular weight excluding hydrogens is 445 g/mol. The highest BCUT2D eigenvalue weighted by atomic mass is 16.7. The molecule has 35 heavy (non-hydrogen) atoms. The minimum atomic E-state index is -0.562. The molecular formula is C25H34BN5O4. The second kappa shape index (κ2) is 8.67. The largest absolute Gasteiger partial charge is 0.496 e. The summed E-state index contributed by atoms with van der Waals surface area (Å²) in [7, 11) is 1.15. The average molecular weight is 479 g/mol. The molecule has 1 aliphatic carbocycles. The maximum atomic E-state index is 12.8. The molecule has 0 bridgehead atoms. The zero-order chi connectivity index (χ0) is 25.0. The monoisotopic (exact) mass is 479 g/mol. The number of piperazine rings is 1. The number of rotatable bonds is 5. The summed E-state index contributed by atoms with van der Waals surface area (Å²) in [6, 6.07) is 5.64. The lowest BCUT2D eigenvalue weighted by atomic mass is 9.80. The van der Waals surface area contributed by atoms with Gasteiger partial charge in [-0.3, -0.25) is 9.59 Å². The smallest absolute Gasteiger partial charge is 0.399 e. The van der Waals surface area contributed by atoms with Crippen LogP contribution in [0, 0.1) is 5.92 Å². The van der Waals surface area contributed by atoms with Crippen LogP contribution < -0.4 is 21.2 Å². The lowest BCUT2D eigenvalue weighted by Gasteiger charge is -2.36. The SMILES string of the molecule is Cn1cc(B2OC(C)(C)C(C)(C)O2)cc(Nc2ccc(N3CCN(C(=O)C4CC4)CC3)cn2)c1=O. The van der Waals surface area contributed by atoms with Gasteiger partial charge in [-0.15, -0.1) is 0 Å². The Labute approximate surface area is 206 Å².